The molecule has 1 aromatic rings. The van der Waals surface area contributed by atoms with E-state index in [1.54, 1.807) is 0 Å². The fourth-order valence-electron chi connectivity index (χ4n) is 1.12. The van der Waals surface area contributed by atoms with Crippen molar-refractivity contribution in [1.29, 1.82) is 0 Å². The van der Waals surface area contributed by atoms with Gasteiger partial charge in [0.1, 0.15) is 5.69 Å². The van der Waals surface area contributed by atoms with Gasteiger partial charge in [0.2, 0.25) is 0 Å². The molecule has 0 unspecified atom stereocenters. The Kier molecular flexibility index (Phi) is 3.52. The molecule has 0 aliphatic carbocycles. The smallest absolute Gasteiger partial charge is 0.264 e. The van der Waals surface area contributed by atoms with Gasteiger partial charge in [-0.3, -0.25) is 4.79 Å². The van der Waals surface area contributed by atoms with Gasteiger partial charge in [-0.25, -0.2) is 13.8 Å². The van der Waals surface area contributed by atoms with E-state index >= 15 is 0 Å². The number of nitrogens with zero attached hydrogens (tertiary/aromatic N) is 1. The van der Waals surface area contributed by atoms with Gasteiger partial charge < -0.3 is 0 Å². The molecule has 1 aromatic heterocycles. The Labute approximate surface area is 84.9 Å². The molecule has 76 valence electrons. The number of alkyl halides is 3. The summed E-state index contributed by atoms with van der Waals surface area (Å²) in [4.78, 5) is 14.3. The molecule has 0 radical (unpaired) electrons. The third-order valence-corrected chi connectivity index (χ3v) is 2.16. The van der Waals surface area contributed by atoms with E-state index in [-0.39, 0.29) is 28.4 Å². The maximum Gasteiger partial charge on any atom is 0.264 e. The number of hydrogen-bond acceptors (Lipinski definition) is 2. The van der Waals surface area contributed by atoms with Gasteiger partial charge in [-0.15, -0.1) is 11.6 Å². The van der Waals surface area contributed by atoms with Crippen molar-refractivity contribution in [2.45, 2.75) is 19.2 Å². The monoisotopic (exact) mass is 219 g/mol. The molecular weight excluding hydrogens is 212 g/mol. The molecule has 14 heavy (non-hydrogen) atoms. The highest BCUT2D eigenvalue weighted by Gasteiger charge is 2.15. The molecule has 0 saturated heterocycles. The molecule has 0 aliphatic rings. The first-order chi connectivity index (χ1) is 6.60. The summed E-state index contributed by atoms with van der Waals surface area (Å²) < 4.78 is 24.9. The lowest BCUT2D eigenvalue weighted by molar-refractivity contribution is 0.111. The van der Waals surface area contributed by atoms with Crippen LogP contribution >= 0.6 is 11.6 Å². The van der Waals surface area contributed by atoms with Crippen LogP contribution in [-0.2, 0) is 5.88 Å². The molecule has 0 bridgehead atoms. The maximum atomic E-state index is 12.5. The Morgan fingerprint density at radius 3 is 2.71 bits per heavy atom. The first-order valence-electron chi connectivity index (χ1n) is 3.89. The molecule has 0 amide bonds. The van der Waals surface area contributed by atoms with E-state index in [1.807, 2.05) is 0 Å². The van der Waals surface area contributed by atoms with Crippen LogP contribution in [-0.4, -0.2) is 11.3 Å². The van der Waals surface area contributed by atoms with E-state index < -0.39 is 6.43 Å². The molecule has 0 fully saturated rings. The van der Waals surface area contributed by atoms with E-state index in [9.17, 15) is 13.6 Å². The van der Waals surface area contributed by atoms with Gasteiger partial charge in [-0.05, 0) is 18.6 Å². The fourth-order valence-corrected chi connectivity index (χ4v) is 1.25. The van der Waals surface area contributed by atoms with Gasteiger partial charge in [0.25, 0.3) is 6.43 Å². The number of pyridine rings is 1. The van der Waals surface area contributed by atoms with Crippen molar-refractivity contribution in [3.8, 4) is 0 Å². The lowest BCUT2D eigenvalue weighted by Gasteiger charge is -2.08. The van der Waals surface area contributed by atoms with E-state index in [0.717, 1.165) is 0 Å². The summed E-state index contributed by atoms with van der Waals surface area (Å²) in [6.45, 7) is 1.44. The quantitative estimate of drug-likeness (QED) is 0.578. The van der Waals surface area contributed by atoms with Crippen molar-refractivity contribution >= 4 is 17.9 Å². The average molecular weight is 220 g/mol. The number of halogens is 3. The summed E-state index contributed by atoms with van der Waals surface area (Å²) >= 11 is 5.46. The van der Waals surface area contributed by atoms with Gasteiger partial charge in [-0.1, -0.05) is 0 Å². The molecule has 0 aromatic carbocycles. The Morgan fingerprint density at radius 2 is 2.29 bits per heavy atom. The van der Waals surface area contributed by atoms with Gasteiger partial charge in [0.05, 0.1) is 11.6 Å². The first kappa shape index (κ1) is 11.0. The van der Waals surface area contributed by atoms with E-state index in [2.05, 4.69) is 4.98 Å². The molecule has 0 aliphatic heterocycles. The molecule has 1 rings (SSSR count). The zero-order valence-electron chi connectivity index (χ0n) is 7.43. The molecule has 0 saturated carbocycles. The van der Waals surface area contributed by atoms with Crippen LogP contribution in [0, 0.1) is 6.92 Å². The van der Waals surface area contributed by atoms with Crippen LogP contribution in [0.25, 0.3) is 0 Å². The second-order valence-electron chi connectivity index (χ2n) is 2.77. The topological polar surface area (TPSA) is 30.0 Å². The maximum absolute atomic E-state index is 12.5. The van der Waals surface area contributed by atoms with Crippen molar-refractivity contribution < 1.29 is 13.6 Å². The summed E-state index contributed by atoms with van der Waals surface area (Å²) in [5.74, 6) is 0.0147. The second kappa shape index (κ2) is 4.46. The minimum atomic E-state index is -2.61. The summed E-state index contributed by atoms with van der Waals surface area (Å²) in [5.41, 5.74) is 0.342. The van der Waals surface area contributed by atoms with Crippen molar-refractivity contribution in [2.75, 3.05) is 0 Å². The number of carbonyl (C=O) groups is 1. The van der Waals surface area contributed by atoms with Crippen LogP contribution in [0.2, 0.25) is 0 Å². The zero-order chi connectivity index (χ0) is 10.7. The number of aromatic nitrogens is 1. The van der Waals surface area contributed by atoms with Crippen LogP contribution in [0.15, 0.2) is 6.07 Å². The van der Waals surface area contributed by atoms with Crippen molar-refractivity contribution in [2.24, 2.45) is 0 Å². The minimum absolute atomic E-state index is 0.0147. The van der Waals surface area contributed by atoms with Crippen LogP contribution in [0.5, 0.6) is 0 Å². The fraction of sp³-hybridized carbons (Fsp3) is 0.333. The molecule has 0 atom stereocenters. The number of carbonyl (C=O) groups excluding carboxylic acids is 1. The lowest BCUT2D eigenvalue weighted by Crippen LogP contribution is -2.02. The summed E-state index contributed by atoms with van der Waals surface area (Å²) in [6.07, 6.45) is -2.16. The molecule has 0 spiro atoms. The van der Waals surface area contributed by atoms with Crippen LogP contribution in [0.1, 0.15) is 33.7 Å². The summed E-state index contributed by atoms with van der Waals surface area (Å²) in [5, 5.41) is 0. The molecule has 2 nitrogen and oxygen atoms in total. The van der Waals surface area contributed by atoms with E-state index in [4.69, 9.17) is 11.6 Å². The largest absolute Gasteiger partial charge is 0.296 e. The Balaban J connectivity index is 3.34. The highest BCUT2D eigenvalue weighted by Crippen LogP contribution is 2.24. The van der Waals surface area contributed by atoms with E-state index in [0.29, 0.717) is 6.29 Å². The van der Waals surface area contributed by atoms with Crippen LogP contribution in [0.4, 0.5) is 8.78 Å². The first-order valence-corrected chi connectivity index (χ1v) is 4.43. The zero-order valence-corrected chi connectivity index (χ0v) is 8.18. The normalized spacial score (nSPS) is 10.6. The third kappa shape index (κ3) is 2.07. The standard InChI is InChI=1S/C9H8ClF2NO/c1-5-7(9(11)12)2-6(3-10)13-8(5)4-14/h2,4,9H,3H2,1H3. The summed E-state index contributed by atoms with van der Waals surface area (Å²) in [7, 11) is 0. The van der Waals surface area contributed by atoms with Crippen LogP contribution < -0.4 is 0 Å². The minimum Gasteiger partial charge on any atom is -0.296 e. The number of rotatable bonds is 3. The van der Waals surface area contributed by atoms with Gasteiger partial charge in [-0.2, -0.15) is 0 Å². The van der Waals surface area contributed by atoms with Crippen molar-refractivity contribution in [3.63, 3.8) is 0 Å². The highest BCUT2D eigenvalue weighted by atomic mass is 35.5. The predicted molar refractivity (Wildman–Crippen MR) is 48.9 cm³/mol. The SMILES string of the molecule is Cc1c(C(F)F)cc(CCl)nc1C=O. The van der Waals surface area contributed by atoms with Gasteiger partial charge in [0.15, 0.2) is 6.29 Å². The van der Waals surface area contributed by atoms with Crippen LogP contribution in [0.3, 0.4) is 0 Å². The lowest BCUT2D eigenvalue weighted by atomic mass is 10.1. The van der Waals surface area contributed by atoms with Gasteiger partial charge >= 0.3 is 0 Å². The predicted octanol–water partition coefficient (Wildman–Crippen LogP) is 2.88. The van der Waals surface area contributed by atoms with Gasteiger partial charge in [0, 0.05) is 5.56 Å². The molecule has 1 heterocycles. The average Bonchev–Trinajstić information content (AvgIpc) is 2.17. The molecule has 0 N–H and O–H groups in total. The third-order valence-electron chi connectivity index (χ3n) is 1.89. The van der Waals surface area contributed by atoms with E-state index in [1.165, 1.54) is 13.0 Å². The highest BCUT2D eigenvalue weighted by molar-refractivity contribution is 6.16. The van der Waals surface area contributed by atoms with Crippen molar-refractivity contribution in [1.82, 2.24) is 4.98 Å². The number of hydrogen-bond donors (Lipinski definition) is 0. The molecular formula is C9H8ClF2NO. The molecule has 5 heteroatoms. The number of aldehydes is 1. The Bertz CT molecular complexity index is 355. The Hall–Kier alpha value is -1.03. The Morgan fingerprint density at radius 1 is 1.64 bits per heavy atom. The van der Waals surface area contributed by atoms with Crippen molar-refractivity contribution in [3.05, 3.63) is 28.6 Å². The summed E-state index contributed by atoms with van der Waals surface area (Å²) in [6, 6.07) is 1.22. The second-order valence-corrected chi connectivity index (χ2v) is 3.03.